The molecule has 2 fully saturated rings. The van der Waals surface area contributed by atoms with Gasteiger partial charge < -0.3 is 31.2 Å². The molecule has 8 heteroatoms. The number of aryl methyl sites for hydroxylation is 1. The molecular weight excluding hydrogens is 590 g/mol. The van der Waals surface area contributed by atoms with E-state index in [9.17, 15) is 15.0 Å². The molecule has 1 aromatic rings. The van der Waals surface area contributed by atoms with Crippen LogP contribution in [0.25, 0.3) is 0 Å². The van der Waals surface area contributed by atoms with E-state index in [1.165, 1.54) is 5.57 Å². The number of phenolic OH excluding ortho intramolecular Hbond substituents is 1. The highest BCUT2D eigenvalue weighted by Crippen LogP contribution is 2.56. The fraction of sp³-hybridized carbons (Fsp3) is 0.641. The van der Waals surface area contributed by atoms with Gasteiger partial charge in [0.15, 0.2) is 23.2 Å². The summed E-state index contributed by atoms with van der Waals surface area (Å²) < 4.78 is 12.5. The molecule has 0 unspecified atom stereocenters. The van der Waals surface area contributed by atoms with Crippen molar-refractivity contribution in [2.24, 2.45) is 40.1 Å². The number of fused-ring (bicyclic) bond motifs is 6. The average molecular weight is 646 g/mol. The Morgan fingerprint density at radius 3 is 2.66 bits per heavy atom. The molecule has 0 spiro atoms. The monoisotopic (exact) mass is 645 g/mol. The highest BCUT2D eigenvalue weighted by atomic mass is 16.5. The molecule has 6 N–H and O–H groups in total. The van der Waals surface area contributed by atoms with Crippen molar-refractivity contribution < 1.29 is 24.5 Å². The summed E-state index contributed by atoms with van der Waals surface area (Å²) in [6, 6.07) is 1.77. The Bertz CT molecular complexity index is 1430. The van der Waals surface area contributed by atoms with Gasteiger partial charge in [-0.25, -0.2) is 4.99 Å². The smallest absolute Gasteiger partial charge is 0.186 e. The van der Waals surface area contributed by atoms with Crippen LogP contribution in [0, 0.1) is 35.5 Å². The van der Waals surface area contributed by atoms with Crippen molar-refractivity contribution >= 4 is 11.7 Å². The lowest BCUT2D eigenvalue weighted by Gasteiger charge is -2.47. The number of ketones is 1. The minimum atomic E-state index is -0.167. The quantitative estimate of drug-likeness (QED) is 0.0712. The molecule has 4 aliphatic carbocycles. The highest BCUT2D eigenvalue weighted by molar-refractivity contribution is 5.90. The summed E-state index contributed by atoms with van der Waals surface area (Å²) in [4.78, 5) is 17.8. The lowest BCUT2D eigenvalue weighted by molar-refractivity contribution is -0.114. The van der Waals surface area contributed by atoms with Crippen molar-refractivity contribution in [1.29, 1.82) is 0 Å². The zero-order valence-corrected chi connectivity index (χ0v) is 28.6. The van der Waals surface area contributed by atoms with E-state index < -0.39 is 0 Å². The number of aromatic hydroxyl groups is 1. The van der Waals surface area contributed by atoms with Crippen LogP contribution >= 0.6 is 0 Å². The van der Waals surface area contributed by atoms with Crippen molar-refractivity contribution in [2.45, 2.75) is 115 Å². The van der Waals surface area contributed by atoms with Crippen molar-refractivity contribution in [3.8, 4) is 23.3 Å². The molecule has 0 aromatic heterocycles. The SMILES string of the molecule is CCC/C(=C/C(=O)CCc1cc(OC2CCCC2)c(O)c2c1C#CC[C@@H](N=C(N)N)C[C@H]1C=C3CC[C@H](C)C[C@H]3[C@@H]2[C@H]1COC)CO. The summed E-state index contributed by atoms with van der Waals surface area (Å²) in [6.07, 6.45) is 15.0. The maximum Gasteiger partial charge on any atom is 0.186 e. The Kier molecular flexibility index (Phi) is 12.1. The molecule has 0 aliphatic heterocycles. The van der Waals surface area contributed by atoms with Gasteiger partial charge in [-0.1, -0.05) is 43.8 Å². The first-order valence-electron chi connectivity index (χ1n) is 17.9. The topological polar surface area (TPSA) is 140 Å². The van der Waals surface area contributed by atoms with Crippen LogP contribution in [0.5, 0.6) is 11.5 Å². The fourth-order valence-corrected chi connectivity index (χ4v) is 8.63. The average Bonchev–Trinajstić information content (AvgIpc) is 3.55. The van der Waals surface area contributed by atoms with E-state index in [1.54, 1.807) is 13.2 Å². The second-order valence-electron chi connectivity index (χ2n) is 14.4. The van der Waals surface area contributed by atoms with Gasteiger partial charge in [-0.05, 0) is 111 Å². The van der Waals surface area contributed by atoms with Gasteiger partial charge in [-0.2, -0.15) is 0 Å². The maximum absolute atomic E-state index is 13.2. The van der Waals surface area contributed by atoms with Crippen LogP contribution in [-0.2, 0) is 16.0 Å². The first-order chi connectivity index (χ1) is 22.7. The van der Waals surface area contributed by atoms with Crippen molar-refractivity contribution in [2.75, 3.05) is 20.3 Å². The van der Waals surface area contributed by atoms with Gasteiger partial charge in [0.2, 0.25) is 0 Å². The maximum atomic E-state index is 13.2. The van der Waals surface area contributed by atoms with Crippen LogP contribution in [0.1, 0.15) is 114 Å². The zero-order valence-electron chi connectivity index (χ0n) is 28.6. The number of phenols is 1. The van der Waals surface area contributed by atoms with E-state index >= 15 is 0 Å². The Morgan fingerprint density at radius 1 is 1.17 bits per heavy atom. The molecule has 0 heterocycles. The number of rotatable bonds is 12. The number of aliphatic imine (C=N–C) groups is 1. The number of hydrogen-bond acceptors (Lipinski definition) is 6. The summed E-state index contributed by atoms with van der Waals surface area (Å²) in [5.74, 6) is 8.57. The van der Waals surface area contributed by atoms with Crippen LogP contribution in [-0.4, -0.2) is 54.4 Å². The van der Waals surface area contributed by atoms with Gasteiger partial charge >= 0.3 is 0 Å². The van der Waals surface area contributed by atoms with E-state index in [1.807, 2.05) is 13.0 Å². The predicted octanol–water partition coefficient (Wildman–Crippen LogP) is 6.06. The number of carbonyl (C=O) groups is 1. The third-order valence-corrected chi connectivity index (χ3v) is 10.8. The minimum Gasteiger partial charge on any atom is -0.504 e. The molecule has 6 atom stereocenters. The van der Waals surface area contributed by atoms with Gasteiger partial charge in [-0.3, -0.25) is 4.79 Å². The number of nitrogens with two attached hydrogens (primary N) is 2. The molecule has 0 amide bonds. The number of methoxy groups -OCH3 is 1. The van der Waals surface area contributed by atoms with E-state index in [0.717, 1.165) is 80.1 Å². The molecule has 47 heavy (non-hydrogen) atoms. The summed E-state index contributed by atoms with van der Waals surface area (Å²) >= 11 is 0. The van der Waals surface area contributed by atoms with Gasteiger partial charge in [0.25, 0.3) is 0 Å². The number of aliphatic hydroxyl groups is 1. The van der Waals surface area contributed by atoms with Crippen molar-refractivity contribution in [1.82, 2.24) is 0 Å². The second-order valence-corrected chi connectivity index (χ2v) is 14.4. The largest absolute Gasteiger partial charge is 0.504 e. The van der Waals surface area contributed by atoms with Gasteiger partial charge in [0.05, 0.1) is 25.4 Å². The lowest BCUT2D eigenvalue weighted by Crippen LogP contribution is -2.39. The summed E-state index contributed by atoms with van der Waals surface area (Å²) in [5.41, 5.74) is 16.6. The molecule has 0 saturated heterocycles. The van der Waals surface area contributed by atoms with E-state index in [2.05, 4.69) is 29.8 Å². The Morgan fingerprint density at radius 2 is 1.96 bits per heavy atom. The number of allylic oxidation sites excluding steroid dienone is 3. The number of aliphatic hydroxyl groups excluding tert-OH is 1. The van der Waals surface area contributed by atoms with E-state index in [0.29, 0.717) is 37.5 Å². The minimum absolute atomic E-state index is 0.0236. The molecule has 0 radical (unpaired) electrons. The summed E-state index contributed by atoms with van der Waals surface area (Å²) in [6.45, 7) is 4.77. The van der Waals surface area contributed by atoms with Crippen LogP contribution in [0.15, 0.2) is 34.4 Å². The number of carbonyl (C=O) groups excluding carboxylic acids is 1. The van der Waals surface area contributed by atoms with Crippen LogP contribution in [0.2, 0.25) is 0 Å². The van der Waals surface area contributed by atoms with Gasteiger partial charge in [0.1, 0.15) is 0 Å². The Hall–Kier alpha value is -3.28. The molecule has 5 rings (SSSR count). The van der Waals surface area contributed by atoms with E-state index in [4.69, 9.17) is 20.9 Å². The molecule has 1 aromatic carbocycles. The van der Waals surface area contributed by atoms with Crippen LogP contribution in [0.3, 0.4) is 0 Å². The molecule has 8 nitrogen and oxygen atoms in total. The number of hydrogen-bond donors (Lipinski definition) is 4. The fourth-order valence-electron chi connectivity index (χ4n) is 8.63. The number of benzene rings is 1. The Balaban J connectivity index is 1.69. The first kappa shape index (κ1) is 35.0. The zero-order chi connectivity index (χ0) is 33.5. The molecule has 2 bridgehead atoms. The third kappa shape index (κ3) is 8.42. The highest BCUT2D eigenvalue weighted by Gasteiger charge is 2.46. The van der Waals surface area contributed by atoms with Gasteiger partial charge in [0, 0.05) is 37.0 Å². The third-order valence-electron chi connectivity index (χ3n) is 10.8. The van der Waals surface area contributed by atoms with Crippen LogP contribution < -0.4 is 16.2 Å². The van der Waals surface area contributed by atoms with Crippen LogP contribution in [0.4, 0.5) is 0 Å². The van der Waals surface area contributed by atoms with Crippen molar-refractivity contribution in [3.05, 3.63) is 46.1 Å². The predicted molar refractivity (Wildman–Crippen MR) is 186 cm³/mol. The number of nitrogens with zero attached hydrogens (tertiary/aromatic N) is 1. The summed E-state index contributed by atoms with van der Waals surface area (Å²) in [7, 11) is 1.75. The summed E-state index contributed by atoms with van der Waals surface area (Å²) in [5, 5.41) is 22.1. The molecule has 2 saturated carbocycles. The molecule has 4 aliphatic rings. The number of ether oxygens (including phenoxy) is 2. The van der Waals surface area contributed by atoms with E-state index in [-0.39, 0.29) is 66.3 Å². The lowest BCUT2D eigenvalue weighted by atomic mass is 9.58. The number of guanidine groups is 1. The normalized spacial score (nSPS) is 27.5. The first-order valence-corrected chi connectivity index (χ1v) is 17.9. The second kappa shape index (κ2) is 16.2. The standard InChI is InChI=1S/C39H55N3O5/c1-4-8-25(22-43)18-30(44)16-15-27-21-35(47-31-10-5-6-11-31)38(45)37-32(27)12-7-9-29(42-39(40)41)20-28-19-26-14-13-24(2)17-33(26)36(37)34(28)23-46-3/h18-19,21,24,28-29,31,33-34,36,43,45H,4-6,8-11,13-17,20,22-23H2,1-3H3,(H4,40,41,42)/b25-18-/t24-,28+,29+,33+,34-,36+/m0/s1. The van der Waals surface area contributed by atoms with Gasteiger partial charge in [-0.15, -0.1) is 0 Å². The molecule has 256 valence electrons. The van der Waals surface area contributed by atoms with Crippen molar-refractivity contribution in [3.63, 3.8) is 0 Å². The molecular formula is C39H55N3O5. The Labute approximate surface area is 281 Å².